The van der Waals surface area contributed by atoms with Crippen LogP contribution in [-0.2, 0) is 0 Å². The highest BCUT2D eigenvalue weighted by Gasteiger charge is 2.19. The number of fused-ring (bicyclic) bond motifs is 3. The molecular formula is C38H29N5. The van der Waals surface area contributed by atoms with Gasteiger partial charge in [0.1, 0.15) is 11.6 Å². The Hall–Kier alpha value is -5.60. The lowest BCUT2D eigenvalue weighted by Crippen LogP contribution is -2.03. The van der Waals surface area contributed by atoms with Gasteiger partial charge in [0.05, 0.1) is 28.4 Å². The van der Waals surface area contributed by atoms with Crippen molar-refractivity contribution in [3.63, 3.8) is 0 Å². The van der Waals surface area contributed by atoms with Gasteiger partial charge in [-0.2, -0.15) is 5.26 Å². The van der Waals surface area contributed by atoms with Crippen molar-refractivity contribution in [2.75, 3.05) is 0 Å². The summed E-state index contributed by atoms with van der Waals surface area (Å²) in [5, 5.41) is 12.2. The first-order chi connectivity index (χ1) is 20.9. The van der Waals surface area contributed by atoms with Crippen LogP contribution in [0.5, 0.6) is 0 Å². The van der Waals surface area contributed by atoms with Crippen LogP contribution in [-0.4, -0.2) is 19.5 Å². The van der Waals surface area contributed by atoms with Gasteiger partial charge >= 0.3 is 0 Å². The van der Waals surface area contributed by atoms with E-state index in [1.54, 1.807) is 0 Å². The second-order valence-electron chi connectivity index (χ2n) is 11.1. The fraction of sp³-hybridized carbons (Fsp3) is 0.105. The standard InChI is InChI=1S/C38H29N5/c1-23-5-10-28(11-6-23)30-14-17-35-33(20-30)34-21-31(29-12-7-24(2)8-13-29)15-18-36(34)43(35)37-19-27(22-39)9-16-32(37)38-41-25(3)40-26(4)42-38/h5-21H,1-4H3. The van der Waals surface area contributed by atoms with Crippen molar-refractivity contribution < 1.29 is 0 Å². The molecule has 0 saturated heterocycles. The molecule has 0 aliphatic rings. The number of hydrogen-bond donors (Lipinski definition) is 0. The Morgan fingerprint density at radius 2 is 1.02 bits per heavy atom. The summed E-state index contributed by atoms with van der Waals surface area (Å²) in [4.78, 5) is 13.8. The van der Waals surface area contributed by atoms with Crippen molar-refractivity contribution in [1.82, 2.24) is 19.5 Å². The molecule has 0 unspecified atom stereocenters. The normalized spacial score (nSPS) is 11.2. The van der Waals surface area contributed by atoms with Crippen LogP contribution in [0, 0.1) is 39.0 Å². The van der Waals surface area contributed by atoms with Crippen LogP contribution in [0.4, 0.5) is 0 Å². The number of nitrogens with zero attached hydrogens (tertiary/aromatic N) is 5. The van der Waals surface area contributed by atoms with Gasteiger partial charge in [0, 0.05) is 16.3 Å². The molecule has 0 spiro atoms. The van der Waals surface area contributed by atoms with Crippen LogP contribution in [0.3, 0.4) is 0 Å². The van der Waals surface area contributed by atoms with E-state index in [1.165, 1.54) is 22.3 Å². The van der Waals surface area contributed by atoms with E-state index in [0.717, 1.165) is 44.2 Å². The summed E-state index contributed by atoms with van der Waals surface area (Å²) in [6.45, 7) is 7.97. The molecule has 2 heterocycles. The average Bonchev–Trinajstić information content (AvgIpc) is 3.34. The Kier molecular flexibility index (Phi) is 6.33. The zero-order valence-electron chi connectivity index (χ0n) is 24.6. The average molecular weight is 556 g/mol. The van der Waals surface area contributed by atoms with E-state index in [2.05, 4.69) is 114 Å². The van der Waals surface area contributed by atoms with Crippen LogP contribution in [0.2, 0.25) is 0 Å². The van der Waals surface area contributed by atoms with Crippen molar-refractivity contribution in [1.29, 1.82) is 5.26 Å². The number of rotatable bonds is 4. The van der Waals surface area contributed by atoms with Gasteiger partial charge in [-0.25, -0.2) is 15.0 Å². The van der Waals surface area contributed by atoms with Gasteiger partial charge in [0.2, 0.25) is 0 Å². The van der Waals surface area contributed by atoms with Crippen LogP contribution in [0.25, 0.3) is 61.1 Å². The molecule has 0 aliphatic carbocycles. The van der Waals surface area contributed by atoms with Crippen LogP contribution in [0.15, 0.2) is 103 Å². The number of aromatic nitrogens is 4. The maximum absolute atomic E-state index is 9.90. The largest absolute Gasteiger partial charge is 0.308 e. The maximum Gasteiger partial charge on any atom is 0.165 e. The predicted octanol–water partition coefficient (Wildman–Crippen LogP) is 9.08. The fourth-order valence-electron chi connectivity index (χ4n) is 5.85. The van der Waals surface area contributed by atoms with E-state index >= 15 is 0 Å². The van der Waals surface area contributed by atoms with E-state index in [4.69, 9.17) is 9.97 Å². The molecule has 0 N–H and O–H groups in total. The van der Waals surface area contributed by atoms with Gasteiger partial charge in [0.25, 0.3) is 0 Å². The molecule has 5 nitrogen and oxygen atoms in total. The molecule has 0 aliphatic heterocycles. The monoisotopic (exact) mass is 555 g/mol. The van der Waals surface area contributed by atoms with Crippen molar-refractivity contribution >= 4 is 21.8 Å². The van der Waals surface area contributed by atoms with Crippen LogP contribution in [0.1, 0.15) is 28.3 Å². The summed E-state index contributed by atoms with van der Waals surface area (Å²) in [7, 11) is 0. The predicted molar refractivity (Wildman–Crippen MR) is 174 cm³/mol. The Labute approximate surface area is 250 Å². The summed E-state index contributed by atoms with van der Waals surface area (Å²) in [5.41, 5.74) is 11.5. The van der Waals surface area contributed by atoms with Gasteiger partial charge < -0.3 is 4.57 Å². The van der Waals surface area contributed by atoms with Gasteiger partial charge in [-0.1, -0.05) is 71.8 Å². The molecule has 0 fully saturated rings. The molecule has 5 aromatic carbocycles. The zero-order chi connectivity index (χ0) is 29.7. The van der Waals surface area contributed by atoms with Gasteiger partial charge in [-0.3, -0.25) is 0 Å². The van der Waals surface area contributed by atoms with Crippen molar-refractivity contribution in [3.8, 4) is 45.4 Å². The third-order valence-electron chi connectivity index (χ3n) is 8.00. The van der Waals surface area contributed by atoms with Gasteiger partial charge in [0.15, 0.2) is 5.82 Å². The third-order valence-corrected chi connectivity index (χ3v) is 8.00. The highest BCUT2D eigenvalue weighted by molar-refractivity contribution is 6.12. The lowest BCUT2D eigenvalue weighted by atomic mass is 9.99. The summed E-state index contributed by atoms with van der Waals surface area (Å²) in [6.07, 6.45) is 0. The Morgan fingerprint density at radius 1 is 0.535 bits per heavy atom. The van der Waals surface area contributed by atoms with Crippen LogP contribution >= 0.6 is 0 Å². The molecule has 0 saturated carbocycles. The van der Waals surface area contributed by atoms with E-state index in [9.17, 15) is 5.26 Å². The van der Waals surface area contributed by atoms with Crippen molar-refractivity contribution in [2.45, 2.75) is 27.7 Å². The van der Waals surface area contributed by atoms with Crippen molar-refractivity contribution in [2.24, 2.45) is 0 Å². The summed E-state index contributed by atoms with van der Waals surface area (Å²) in [6, 6.07) is 38.6. The number of hydrogen-bond acceptors (Lipinski definition) is 4. The topological polar surface area (TPSA) is 67.4 Å². The molecule has 0 amide bonds. The third kappa shape index (κ3) is 4.73. The number of benzene rings is 5. The van der Waals surface area contributed by atoms with Crippen molar-refractivity contribution in [3.05, 3.63) is 131 Å². The minimum Gasteiger partial charge on any atom is -0.308 e. The zero-order valence-corrected chi connectivity index (χ0v) is 24.6. The maximum atomic E-state index is 9.90. The first kappa shape index (κ1) is 26.3. The van der Waals surface area contributed by atoms with Gasteiger partial charge in [-0.15, -0.1) is 0 Å². The molecule has 0 radical (unpaired) electrons. The van der Waals surface area contributed by atoms with Crippen LogP contribution < -0.4 is 0 Å². The Morgan fingerprint density at radius 3 is 1.51 bits per heavy atom. The number of aryl methyl sites for hydroxylation is 4. The summed E-state index contributed by atoms with van der Waals surface area (Å²) >= 11 is 0. The molecule has 0 atom stereocenters. The number of nitriles is 1. The second-order valence-corrected chi connectivity index (χ2v) is 11.1. The minimum atomic E-state index is 0.573. The molecule has 2 aromatic heterocycles. The molecule has 7 rings (SSSR count). The molecule has 206 valence electrons. The second kappa shape index (κ2) is 10.3. The minimum absolute atomic E-state index is 0.573. The summed E-state index contributed by atoms with van der Waals surface area (Å²) in [5.74, 6) is 1.91. The first-order valence-electron chi connectivity index (χ1n) is 14.3. The molecule has 0 bridgehead atoms. The lowest BCUT2D eigenvalue weighted by molar-refractivity contribution is 0.926. The molecule has 5 heteroatoms. The van der Waals surface area contributed by atoms with E-state index in [-0.39, 0.29) is 0 Å². The lowest BCUT2D eigenvalue weighted by Gasteiger charge is -2.14. The molecule has 7 aromatic rings. The molecule has 43 heavy (non-hydrogen) atoms. The first-order valence-corrected chi connectivity index (χ1v) is 14.3. The van der Waals surface area contributed by atoms with E-state index < -0.39 is 0 Å². The highest BCUT2D eigenvalue weighted by Crippen LogP contribution is 2.39. The fourth-order valence-corrected chi connectivity index (χ4v) is 5.85. The highest BCUT2D eigenvalue weighted by atomic mass is 15.0. The summed E-state index contributed by atoms with van der Waals surface area (Å²) < 4.78 is 2.24. The molecular weight excluding hydrogens is 526 g/mol. The Bertz CT molecular complexity index is 2090. The quantitative estimate of drug-likeness (QED) is 0.217. The van der Waals surface area contributed by atoms with E-state index in [0.29, 0.717) is 23.0 Å². The SMILES string of the molecule is Cc1ccc(-c2ccc3c(c2)c2cc(-c4ccc(C)cc4)ccc2n3-c2cc(C#N)ccc2-c2nc(C)nc(C)n2)cc1. The van der Waals surface area contributed by atoms with E-state index in [1.807, 2.05) is 32.0 Å². The Balaban J connectivity index is 1.55. The van der Waals surface area contributed by atoms with Gasteiger partial charge in [-0.05, 0) is 92.4 Å². The smallest absolute Gasteiger partial charge is 0.165 e.